The number of alkyl halides is 3. The summed E-state index contributed by atoms with van der Waals surface area (Å²) in [5.41, 5.74) is 1.04. The second kappa shape index (κ2) is 10.5. The molecule has 12 heteroatoms. The van der Waals surface area contributed by atoms with Crippen LogP contribution in [0.25, 0.3) is 10.6 Å². The first-order valence-corrected chi connectivity index (χ1v) is 13.5. The number of ether oxygens (including phenoxy) is 2. The van der Waals surface area contributed by atoms with Gasteiger partial charge in [0.25, 0.3) is 5.91 Å². The summed E-state index contributed by atoms with van der Waals surface area (Å²) in [6.07, 6.45) is 0.174. The molecule has 3 aromatic rings. The van der Waals surface area contributed by atoms with Gasteiger partial charge in [0.15, 0.2) is 0 Å². The van der Waals surface area contributed by atoms with Crippen LogP contribution in [0.3, 0.4) is 0 Å². The monoisotopic (exact) mass is 561 g/mol. The van der Waals surface area contributed by atoms with E-state index in [9.17, 15) is 18.0 Å². The Morgan fingerprint density at radius 2 is 1.95 bits per heavy atom. The summed E-state index contributed by atoms with van der Waals surface area (Å²) in [6, 6.07) is 5.43. The van der Waals surface area contributed by atoms with Crippen molar-refractivity contribution >= 4 is 17.2 Å². The third-order valence-electron chi connectivity index (χ3n) is 7.10. The number of morpholine rings is 1. The van der Waals surface area contributed by atoms with Crippen molar-refractivity contribution in [3.63, 3.8) is 0 Å². The topological polar surface area (TPSA) is 89.5 Å². The minimum absolute atomic E-state index is 0.341. The number of thiazole rings is 1. The van der Waals surface area contributed by atoms with Gasteiger partial charge in [-0.25, -0.2) is 15.0 Å². The van der Waals surface area contributed by atoms with Crippen LogP contribution < -0.4 is 10.1 Å². The Morgan fingerprint density at radius 3 is 2.56 bits per heavy atom. The molecule has 5 rings (SSSR count). The van der Waals surface area contributed by atoms with E-state index in [-0.39, 0.29) is 5.60 Å². The molecule has 0 radical (unpaired) electrons. The van der Waals surface area contributed by atoms with Crippen molar-refractivity contribution in [2.75, 3.05) is 19.8 Å². The van der Waals surface area contributed by atoms with Crippen molar-refractivity contribution in [3.8, 4) is 16.3 Å². The van der Waals surface area contributed by atoms with Gasteiger partial charge in [0.2, 0.25) is 5.82 Å². The molecule has 0 spiro atoms. The molecule has 1 N–H and O–H groups in total. The van der Waals surface area contributed by atoms with Crippen LogP contribution in [0.1, 0.15) is 59.9 Å². The first kappa shape index (κ1) is 27.5. The van der Waals surface area contributed by atoms with Gasteiger partial charge in [-0.1, -0.05) is 0 Å². The van der Waals surface area contributed by atoms with Crippen molar-refractivity contribution in [2.24, 2.45) is 0 Å². The van der Waals surface area contributed by atoms with Crippen LogP contribution in [0.15, 0.2) is 36.8 Å². The molecule has 2 bridgehead atoms. The van der Waals surface area contributed by atoms with E-state index in [1.165, 1.54) is 11.3 Å². The number of amides is 1. The Morgan fingerprint density at radius 1 is 1.21 bits per heavy atom. The average molecular weight is 562 g/mol. The zero-order valence-electron chi connectivity index (χ0n) is 22.1. The second-order valence-electron chi connectivity index (χ2n) is 10.5. The molecule has 2 saturated heterocycles. The zero-order chi connectivity index (χ0) is 27.9. The van der Waals surface area contributed by atoms with E-state index in [0.29, 0.717) is 42.2 Å². The molecule has 2 aliphatic rings. The lowest BCUT2D eigenvalue weighted by atomic mass is 10.0. The molecular weight excluding hydrogens is 531 g/mol. The van der Waals surface area contributed by atoms with Gasteiger partial charge < -0.3 is 14.8 Å². The number of rotatable bonds is 8. The predicted octanol–water partition coefficient (Wildman–Crippen LogP) is 5.05. The number of fused-ring (bicyclic) bond motifs is 2. The highest BCUT2D eigenvalue weighted by Crippen LogP contribution is 2.39. The Kier molecular flexibility index (Phi) is 7.38. The van der Waals surface area contributed by atoms with E-state index in [4.69, 9.17) is 9.47 Å². The van der Waals surface area contributed by atoms with E-state index < -0.39 is 23.9 Å². The number of benzene rings is 1. The molecule has 2 aromatic heterocycles. The molecule has 1 aromatic carbocycles. The smallest absolute Gasteiger partial charge is 0.451 e. The van der Waals surface area contributed by atoms with E-state index >= 15 is 0 Å². The Balaban J connectivity index is 1.35. The minimum atomic E-state index is -4.63. The summed E-state index contributed by atoms with van der Waals surface area (Å²) >= 11 is 1.50. The van der Waals surface area contributed by atoms with Crippen molar-refractivity contribution < 1.29 is 27.4 Å². The van der Waals surface area contributed by atoms with Gasteiger partial charge in [0.05, 0.1) is 12.6 Å². The lowest BCUT2D eigenvalue weighted by Gasteiger charge is -2.35. The molecule has 2 aliphatic heterocycles. The highest BCUT2D eigenvalue weighted by molar-refractivity contribution is 7.14. The molecule has 0 aliphatic carbocycles. The van der Waals surface area contributed by atoms with Crippen LogP contribution in [-0.4, -0.2) is 63.2 Å². The molecule has 8 nitrogen and oxygen atoms in total. The summed E-state index contributed by atoms with van der Waals surface area (Å²) < 4.78 is 50.8. The largest absolute Gasteiger partial charge is 0.490 e. The lowest BCUT2D eigenvalue weighted by Crippen LogP contribution is -2.48. The van der Waals surface area contributed by atoms with Gasteiger partial charge in [-0.2, -0.15) is 13.2 Å². The Hall–Kier alpha value is -3.09. The van der Waals surface area contributed by atoms with Crippen LogP contribution in [0.2, 0.25) is 0 Å². The number of carbonyl (C=O) groups excluding carboxylic acids is 1. The van der Waals surface area contributed by atoms with E-state index in [0.717, 1.165) is 40.8 Å². The highest BCUT2D eigenvalue weighted by atomic mass is 32.1. The highest BCUT2D eigenvalue weighted by Gasteiger charge is 2.52. The molecule has 0 saturated carbocycles. The predicted molar refractivity (Wildman–Crippen MR) is 140 cm³/mol. The number of hydrogen-bond donors (Lipinski definition) is 1. The molecular formula is C27H30F3N5O3S. The summed E-state index contributed by atoms with van der Waals surface area (Å²) in [5, 5.41) is 3.57. The minimum Gasteiger partial charge on any atom is -0.490 e. The zero-order valence-corrected chi connectivity index (χ0v) is 22.9. The van der Waals surface area contributed by atoms with Crippen molar-refractivity contribution in [1.29, 1.82) is 0 Å². The fourth-order valence-electron chi connectivity index (χ4n) is 5.07. The first-order chi connectivity index (χ1) is 18.4. The normalized spacial score (nSPS) is 21.9. The summed E-state index contributed by atoms with van der Waals surface area (Å²) in [7, 11) is 0. The Bertz CT molecular complexity index is 1350. The van der Waals surface area contributed by atoms with Crippen molar-refractivity contribution in [3.05, 3.63) is 58.6 Å². The van der Waals surface area contributed by atoms with E-state index in [1.54, 1.807) is 25.3 Å². The van der Waals surface area contributed by atoms with Crippen LogP contribution in [0, 0.1) is 6.92 Å². The summed E-state index contributed by atoms with van der Waals surface area (Å²) in [6.45, 7) is 9.79. The van der Waals surface area contributed by atoms with Crippen molar-refractivity contribution in [2.45, 2.75) is 64.0 Å². The van der Waals surface area contributed by atoms with Crippen LogP contribution >= 0.6 is 11.3 Å². The molecule has 3 atom stereocenters. The molecule has 3 unspecified atom stereocenters. The fourth-order valence-corrected chi connectivity index (χ4v) is 5.82. The third-order valence-corrected chi connectivity index (χ3v) is 8.07. The average Bonchev–Trinajstić information content (AvgIpc) is 3.62. The fraction of sp³-hybridized carbons (Fsp3) is 0.481. The summed E-state index contributed by atoms with van der Waals surface area (Å²) in [4.78, 5) is 28.0. The number of aryl methyl sites for hydroxylation is 1. The molecule has 1 amide bonds. The summed E-state index contributed by atoms with van der Waals surface area (Å²) in [5.74, 6) is -1.13. The van der Waals surface area contributed by atoms with Crippen LogP contribution in [0.5, 0.6) is 5.75 Å². The van der Waals surface area contributed by atoms with Gasteiger partial charge in [0.1, 0.15) is 23.0 Å². The van der Waals surface area contributed by atoms with Gasteiger partial charge >= 0.3 is 6.18 Å². The third kappa shape index (κ3) is 5.92. The number of aromatic nitrogens is 3. The number of nitrogens with one attached hydrogen (secondary N) is 1. The molecule has 2 fully saturated rings. The van der Waals surface area contributed by atoms with E-state index in [2.05, 4.69) is 39.0 Å². The quantitative estimate of drug-likeness (QED) is 0.412. The number of carbonyl (C=O) groups is 1. The molecule has 4 heterocycles. The van der Waals surface area contributed by atoms with E-state index in [1.807, 2.05) is 13.0 Å². The molecule has 208 valence electrons. The van der Waals surface area contributed by atoms with Gasteiger partial charge in [0, 0.05) is 58.8 Å². The number of halogens is 3. The van der Waals surface area contributed by atoms with Crippen LogP contribution in [-0.2, 0) is 10.9 Å². The number of hydrogen-bond acceptors (Lipinski definition) is 8. The molecule has 39 heavy (non-hydrogen) atoms. The van der Waals surface area contributed by atoms with Crippen LogP contribution in [0.4, 0.5) is 13.2 Å². The van der Waals surface area contributed by atoms with Gasteiger partial charge in [-0.3, -0.25) is 9.69 Å². The SMILES string of the molecule is Cc1cnc(-c2cc(OCC34CC(CO3)N(C(C)C)C4)cc(C(=O)NC(C)c3cnc(C(F)(F)F)nc3)c2)s1. The number of likely N-dealkylation sites (tertiary alicyclic amines) is 1. The maximum absolute atomic E-state index is 13.3. The first-order valence-electron chi connectivity index (χ1n) is 12.7. The Labute approximate surface area is 228 Å². The maximum Gasteiger partial charge on any atom is 0.451 e. The maximum atomic E-state index is 13.3. The van der Waals surface area contributed by atoms with Crippen molar-refractivity contribution in [1.82, 2.24) is 25.2 Å². The van der Waals surface area contributed by atoms with Gasteiger partial charge in [-0.15, -0.1) is 11.3 Å². The van der Waals surface area contributed by atoms with Gasteiger partial charge in [-0.05, 0) is 52.3 Å². The standard InChI is InChI=1S/C27H30F3N5O3S/c1-15(2)35-13-26(8-21(35)12-38-26)14-37-22-6-18(5-19(7-22)24-31-9-16(3)39-24)23(36)34-17(4)20-10-32-25(33-11-20)27(28,29)30/h5-7,9-11,15,17,21H,8,12-14H2,1-4H3,(H,34,36). The number of nitrogens with zero attached hydrogens (tertiary/aromatic N) is 4. The second-order valence-corrected chi connectivity index (χ2v) is 11.7. The lowest BCUT2D eigenvalue weighted by molar-refractivity contribution is -0.145.